The summed E-state index contributed by atoms with van der Waals surface area (Å²) < 4.78 is 2.22. The molecule has 2 aromatic heterocycles. The second-order valence-corrected chi connectivity index (χ2v) is 4.38. The summed E-state index contributed by atoms with van der Waals surface area (Å²) in [5, 5.41) is 0. The van der Waals surface area contributed by atoms with Gasteiger partial charge in [0.05, 0.1) is 11.4 Å². The molecule has 0 aliphatic heterocycles. The third-order valence-corrected chi connectivity index (χ3v) is 2.77. The lowest BCUT2D eigenvalue weighted by Crippen LogP contribution is -2.02. The molecule has 0 bridgehead atoms. The first kappa shape index (κ1) is 13.7. The lowest BCUT2D eigenvalue weighted by atomic mass is 10.1. The fourth-order valence-corrected chi connectivity index (χ4v) is 2.12. The normalized spacial score (nSPS) is 10.6. The molecule has 94 valence electrons. The summed E-state index contributed by atoms with van der Waals surface area (Å²) in [7, 11) is 0. The van der Waals surface area contributed by atoms with Crippen molar-refractivity contribution in [1.82, 2.24) is 14.4 Å². The molecule has 17 heavy (non-hydrogen) atoms. The molecular formula is C14H23N3. The Morgan fingerprint density at radius 2 is 1.65 bits per heavy atom. The van der Waals surface area contributed by atoms with E-state index in [2.05, 4.69) is 42.1 Å². The van der Waals surface area contributed by atoms with Crippen molar-refractivity contribution < 1.29 is 0 Å². The maximum Gasteiger partial charge on any atom is 0.158 e. The molecule has 0 aromatic carbocycles. The number of hydrogen-bond donors (Lipinski definition) is 0. The summed E-state index contributed by atoms with van der Waals surface area (Å²) in [4.78, 5) is 8.93. The van der Waals surface area contributed by atoms with Gasteiger partial charge >= 0.3 is 0 Å². The van der Waals surface area contributed by atoms with E-state index < -0.39 is 0 Å². The van der Waals surface area contributed by atoms with Gasteiger partial charge in [0.25, 0.3) is 0 Å². The Morgan fingerprint density at radius 3 is 2.18 bits per heavy atom. The molecule has 0 fully saturated rings. The van der Waals surface area contributed by atoms with E-state index in [4.69, 9.17) is 0 Å². The standard InChI is InChI=1S/C12H17N3.C2H6/c1-7(2)11-9(4)14-12-10(5)13-6-8(3)15(11)12;1-2/h6-7H,1-5H3;1-2H3. The molecular weight excluding hydrogens is 210 g/mol. The summed E-state index contributed by atoms with van der Waals surface area (Å²) in [6.45, 7) is 14.6. The topological polar surface area (TPSA) is 30.2 Å². The summed E-state index contributed by atoms with van der Waals surface area (Å²) in [5.41, 5.74) is 5.56. The molecule has 3 heteroatoms. The monoisotopic (exact) mass is 233 g/mol. The van der Waals surface area contributed by atoms with Crippen molar-refractivity contribution in [2.24, 2.45) is 0 Å². The van der Waals surface area contributed by atoms with Gasteiger partial charge in [-0.25, -0.2) is 4.98 Å². The van der Waals surface area contributed by atoms with Gasteiger partial charge in [-0.05, 0) is 26.7 Å². The van der Waals surface area contributed by atoms with E-state index in [0.29, 0.717) is 5.92 Å². The second-order valence-electron chi connectivity index (χ2n) is 4.38. The number of hydrogen-bond acceptors (Lipinski definition) is 2. The van der Waals surface area contributed by atoms with Gasteiger partial charge in [0.2, 0.25) is 0 Å². The number of nitrogens with zero attached hydrogens (tertiary/aromatic N) is 3. The number of rotatable bonds is 1. The van der Waals surface area contributed by atoms with Crippen molar-refractivity contribution in [2.75, 3.05) is 0 Å². The van der Waals surface area contributed by atoms with Crippen LogP contribution >= 0.6 is 0 Å². The Hall–Kier alpha value is -1.38. The number of aromatic nitrogens is 3. The first-order valence-corrected chi connectivity index (χ1v) is 6.33. The average Bonchev–Trinajstić information content (AvgIpc) is 2.65. The van der Waals surface area contributed by atoms with Crippen LogP contribution in [-0.2, 0) is 0 Å². The van der Waals surface area contributed by atoms with E-state index in [-0.39, 0.29) is 0 Å². The van der Waals surface area contributed by atoms with E-state index in [1.165, 1.54) is 5.69 Å². The fraction of sp³-hybridized carbons (Fsp3) is 0.571. The molecule has 0 amide bonds. The highest BCUT2D eigenvalue weighted by Gasteiger charge is 2.14. The highest BCUT2D eigenvalue weighted by atomic mass is 15.1. The molecule has 0 N–H and O–H groups in total. The van der Waals surface area contributed by atoms with Crippen molar-refractivity contribution in [2.45, 2.75) is 54.4 Å². The van der Waals surface area contributed by atoms with Gasteiger partial charge in [-0.2, -0.15) is 0 Å². The zero-order valence-electron chi connectivity index (χ0n) is 12.0. The van der Waals surface area contributed by atoms with Crippen molar-refractivity contribution in [3.8, 4) is 0 Å². The Bertz CT molecular complexity index is 510. The van der Waals surface area contributed by atoms with Gasteiger partial charge in [0.1, 0.15) is 0 Å². The molecule has 2 heterocycles. The fourth-order valence-electron chi connectivity index (χ4n) is 2.12. The van der Waals surface area contributed by atoms with E-state index in [9.17, 15) is 0 Å². The zero-order chi connectivity index (χ0) is 13.2. The van der Waals surface area contributed by atoms with Gasteiger partial charge in [-0.3, -0.25) is 9.38 Å². The number of fused-ring (bicyclic) bond motifs is 1. The first-order chi connectivity index (χ1) is 8.02. The summed E-state index contributed by atoms with van der Waals surface area (Å²) >= 11 is 0. The van der Waals surface area contributed by atoms with Gasteiger partial charge in [-0.15, -0.1) is 0 Å². The van der Waals surface area contributed by atoms with Crippen LogP contribution in [0.1, 0.15) is 56.4 Å². The van der Waals surface area contributed by atoms with Crippen LogP contribution in [0.4, 0.5) is 0 Å². The van der Waals surface area contributed by atoms with Gasteiger partial charge in [-0.1, -0.05) is 27.7 Å². The van der Waals surface area contributed by atoms with E-state index in [0.717, 1.165) is 22.7 Å². The lowest BCUT2D eigenvalue weighted by Gasteiger charge is -2.09. The van der Waals surface area contributed by atoms with E-state index in [1.807, 2.05) is 27.0 Å². The van der Waals surface area contributed by atoms with E-state index >= 15 is 0 Å². The van der Waals surface area contributed by atoms with Crippen LogP contribution in [0.2, 0.25) is 0 Å². The summed E-state index contributed by atoms with van der Waals surface area (Å²) in [6.07, 6.45) is 1.91. The molecule has 0 radical (unpaired) electrons. The largest absolute Gasteiger partial charge is 0.298 e. The third-order valence-electron chi connectivity index (χ3n) is 2.77. The van der Waals surface area contributed by atoms with Crippen molar-refractivity contribution >= 4 is 5.65 Å². The molecule has 0 saturated heterocycles. The molecule has 0 atom stereocenters. The summed E-state index contributed by atoms with van der Waals surface area (Å²) in [5.74, 6) is 0.487. The molecule has 0 unspecified atom stereocenters. The Kier molecular flexibility index (Phi) is 4.27. The van der Waals surface area contributed by atoms with Crippen LogP contribution < -0.4 is 0 Å². The minimum atomic E-state index is 0.487. The minimum Gasteiger partial charge on any atom is -0.298 e. The minimum absolute atomic E-state index is 0.487. The number of imidazole rings is 1. The number of aryl methyl sites for hydroxylation is 3. The predicted octanol–water partition coefficient (Wildman–Crippen LogP) is 3.80. The average molecular weight is 233 g/mol. The van der Waals surface area contributed by atoms with Gasteiger partial charge in [0.15, 0.2) is 5.65 Å². The maximum atomic E-state index is 4.60. The highest BCUT2D eigenvalue weighted by molar-refractivity contribution is 5.48. The Morgan fingerprint density at radius 1 is 1.06 bits per heavy atom. The van der Waals surface area contributed by atoms with Gasteiger partial charge in [0, 0.05) is 17.6 Å². The molecule has 0 spiro atoms. The molecule has 3 nitrogen and oxygen atoms in total. The highest BCUT2D eigenvalue weighted by Crippen LogP contribution is 2.22. The molecule has 2 aromatic rings. The first-order valence-electron chi connectivity index (χ1n) is 6.33. The SMILES string of the molecule is CC.Cc1nc2c(C)ncc(C)n2c1C(C)C. The maximum absolute atomic E-state index is 4.60. The van der Waals surface area contributed by atoms with Crippen LogP contribution in [0, 0.1) is 20.8 Å². The molecule has 0 saturated carbocycles. The molecule has 0 aliphatic rings. The second kappa shape index (κ2) is 5.30. The van der Waals surface area contributed by atoms with E-state index in [1.54, 1.807) is 0 Å². The molecule has 0 aliphatic carbocycles. The van der Waals surface area contributed by atoms with Crippen molar-refractivity contribution in [1.29, 1.82) is 0 Å². The van der Waals surface area contributed by atoms with Crippen molar-refractivity contribution in [3.63, 3.8) is 0 Å². The lowest BCUT2D eigenvalue weighted by molar-refractivity contribution is 0.786. The van der Waals surface area contributed by atoms with Crippen LogP contribution in [0.25, 0.3) is 5.65 Å². The molecule has 2 rings (SSSR count). The predicted molar refractivity (Wildman–Crippen MR) is 72.6 cm³/mol. The van der Waals surface area contributed by atoms with Gasteiger partial charge < -0.3 is 0 Å². The van der Waals surface area contributed by atoms with Crippen LogP contribution in [0.15, 0.2) is 6.20 Å². The zero-order valence-corrected chi connectivity index (χ0v) is 12.0. The van der Waals surface area contributed by atoms with Crippen LogP contribution in [0.3, 0.4) is 0 Å². The quantitative estimate of drug-likeness (QED) is 0.750. The van der Waals surface area contributed by atoms with Crippen LogP contribution in [0.5, 0.6) is 0 Å². The van der Waals surface area contributed by atoms with Crippen molar-refractivity contribution in [3.05, 3.63) is 29.0 Å². The smallest absolute Gasteiger partial charge is 0.158 e. The summed E-state index contributed by atoms with van der Waals surface area (Å²) in [6, 6.07) is 0. The Balaban J connectivity index is 0.000000686. The third kappa shape index (κ3) is 2.33. The van der Waals surface area contributed by atoms with Crippen LogP contribution in [-0.4, -0.2) is 14.4 Å². The Labute approximate surface area is 104 Å².